The minimum absolute atomic E-state index is 0.0609. The van der Waals surface area contributed by atoms with Gasteiger partial charge in [-0.25, -0.2) is 0 Å². The van der Waals surface area contributed by atoms with Crippen molar-refractivity contribution >= 4 is 27.5 Å². The van der Waals surface area contributed by atoms with E-state index in [2.05, 4.69) is 21.2 Å². The van der Waals surface area contributed by atoms with E-state index in [1.54, 1.807) is 12.1 Å². The molecule has 110 valence electrons. The Morgan fingerprint density at radius 3 is 2.50 bits per heavy atom. The smallest absolute Gasteiger partial charge is 0.282 e. The Bertz CT molecular complexity index is 497. The van der Waals surface area contributed by atoms with Crippen molar-refractivity contribution < 1.29 is 9.72 Å². The maximum atomic E-state index is 12.3. The van der Waals surface area contributed by atoms with Crippen molar-refractivity contribution in [2.45, 2.75) is 33.2 Å². The predicted molar refractivity (Wildman–Crippen MR) is 82.2 cm³/mol. The lowest BCUT2D eigenvalue weighted by Gasteiger charge is -2.31. The third-order valence-corrected chi connectivity index (χ3v) is 3.55. The van der Waals surface area contributed by atoms with Crippen LogP contribution in [-0.4, -0.2) is 22.2 Å². The molecule has 0 saturated carbocycles. The molecular weight excluding hydrogens is 324 g/mol. The van der Waals surface area contributed by atoms with Gasteiger partial charge in [-0.15, -0.1) is 0 Å². The number of nitro benzene ring substituents is 1. The van der Waals surface area contributed by atoms with E-state index in [-0.39, 0.29) is 22.7 Å². The zero-order valence-electron chi connectivity index (χ0n) is 11.9. The van der Waals surface area contributed by atoms with E-state index in [0.717, 1.165) is 11.8 Å². The molecule has 1 amide bonds. The van der Waals surface area contributed by atoms with Gasteiger partial charge in [0.15, 0.2) is 0 Å². The molecule has 20 heavy (non-hydrogen) atoms. The molecule has 1 N–H and O–H groups in total. The maximum absolute atomic E-state index is 12.3. The first kappa shape index (κ1) is 16.6. The molecule has 0 bridgehead atoms. The number of halogens is 1. The maximum Gasteiger partial charge on any atom is 0.282 e. The number of nitro groups is 1. The summed E-state index contributed by atoms with van der Waals surface area (Å²) in [5.74, 6) is -0.404. The minimum Gasteiger partial charge on any atom is -0.349 e. The molecule has 0 aliphatic rings. The van der Waals surface area contributed by atoms with E-state index in [0.29, 0.717) is 0 Å². The quantitative estimate of drug-likeness (QED) is 0.505. The highest BCUT2D eigenvalue weighted by atomic mass is 79.9. The topological polar surface area (TPSA) is 72.2 Å². The normalized spacial score (nSPS) is 12.8. The van der Waals surface area contributed by atoms with Crippen molar-refractivity contribution in [3.05, 3.63) is 39.9 Å². The molecule has 0 saturated heterocycles. The third-order valence-electron chi connectivity index (χ3n) is 3.09. The van der Waals surface area contributed by atoms with Gasteiger partial charge in [-0.05, 0) is 17.9 Å². The second kappa shape index (κ2) is 6.83. The number of amides is 1. The number of alkyl halides is 1. The van der Waals surface area contributed by atoms with E-state index >= 15 is 0 Å². The van der Waals surface area contributed by atoms with Crippen LogP contribution in [0.5, 0.6) is 0 Å². The van der Waals surface area contributed by atoms with Crippen molar-refractivity contribution in [3.63, 3.8) is 0 Å². The number of carbonyl (C=O) groups is 1. The number of carbonyl (C=O) groups excluding carboxylic acids is 1. The zero-order valence-corrected chi connectivity index (χ0v) is 13.4. The molecule has 5 nitrogen and oxygen atoms in total. The van der Waals surface area contributed by atoms with E-state index in [1.807, 2.05) is 20.8 Å². The first-order chi connectivity index (χ1) is 9.27. The van der Waals surface area contributed by atoms with Crippen molar-refractivity contribution in [2.24, 2.45) is 5.41 Å². The molecule has 0 aromatic heterocycles. The molecule has 0 aliphatic carbocycles. The lowest BCUT2D eigenvalue weighted by molar-refractivity contribution is -0.385. The van der Waals surface area contributed by atoms with Crippen LogP contribution in [0, 0.1) is 15.5 Å². The molecule has 1 aromatic rings. The molecule has 0 fully saturated rings. The van der Waals surface area contributed by atoms with Crippen LogP contribution in [0.15, 0.2) is 24.3 Å². The molecule has 0 aliphatic heterocycles. The van der Waals surface area contributed by atoms with Gasteiger partial charge in [-0.3, -0.25) is 14.9 Å². The average Bonchev–Trinajstić information content (AvgIpc) is 2.37. The van der Waals surface area contributed by atoms with Crippen molar-refractivity contribution in [1.82, 2.24) is 5.32 Å². The average molecular weight is 343 g/mol. The Morgan fingerprint density at radius 2 is 2.00 bits per heavy atom. The number of hydrogen-bond acceptors (Lipinski definition) is 3. The number of rotatable bonds is 5. The molecule has 0 heterocycles. The molecule has 1 aromatic carbocycles. The highest BCUT2D eigenvalue weighted by molar-refractivity contribution is 9.09. The summed E-state index contributed by atoms with van der Waals surface area (Å²) in [6.07, 6.45) is 0.760. The molecule has 1 rings (SSSR count). The highest BCUT2D eigenvalue weighted by Crippen LogP contribution is 2.24. The fourth-order valence-corrected chi connectivity index (χ4v) is 2.35. The Hall–Kier alpha value is -1.43. The number of para-hydroxylation sites is 1. The summed E-state index contributed by atoms with van der Waals surface area (Å²) < 4.78 is 0. The fourth-order valence-electron chi connectivity index (χ4n) is 1.89. The Kier molecular flexibility index (Phi) is 5.68. The van der Waals surface area contributed by atoms with Gasteiger partial charge in [-0.1, -0.05) is 48.8 Å². The minimum atomic E-state index is -0.536. The van der Waals surface area contributed by atoms with Gasteiger partial charge in [0, 0.05) is 17.4 Å². The summed E-state index contributed by atoms with van der Waals surface area (Å²) >= 11 is 3.37. The summed E-state index contributed by atoms with van der Waals surface area (Å²) in [6, 6.07) is 5.93. The number of hydrogen-bond donors (Lipinski definition) is 1. The second-order valence-corrected chi connectivity index (χ2v) is 6.44. The van der Waals surface area contributed by atoms with Crippen molar-refractivity contribution in [2.75, 3.05) is 5.33 Å². The summed E-state index contributed by atoms with van der Waals surface area (Å²) in [6.45, 7) is 6.08. The first-order valence-corrected chi connectivity index (χ1v) is 7.49. The zero-order chi connectivity index (χ0) is 15.3. The number of nitrogens with one attached hydrogen (secondary N) is 1. The lowest BCUT2D eigenvalue weighted by atomic mass is 9.85. The lowest BCUT2D eigenvalue weighted by Crippen LogP contribution is -2.44. The van der Waals surface area contributed by atoms with Gasteiger partial charge in [0.2, 0.25) is 0 Å². The highest BCUT2D eigenvalue weighted by Gasteiger charge is 2.28. The second-order valence-electron chi connectivity index (χ2n) is 5.64. The third kappa shape index (κ3) is 4.30. The fraction of sp³-hybridized carbons (Fsp3) is 0.500. The summed E-state index contributed by atoms with van der Waals surface area (Å²) in [4.78, 5) is 22.7. The number of benzene rings is 1. The van der Waals surface area contributed by atoms with Crippen LogP contribution in [0.3, 0.4) is 0 Å². The molecule has 1 unspecified atom stereocenters. The van der Waals surface area contributed by atoms with Crippen LogP contribution in [0.4, 0.5) is 5.69 Å². The van der Waals surface area contributed by atoms with Crippen LogP contribution in [-0.2, 0) is 0 Å². The van der Waals surface area contributed by atoms with Crippen LogP contribution >= 0.6 is 15.9 Å². The number of nitrogens with zero attached hydrogens (tertiary/aromatic N) is 1. The molecular formula is C14H19BrN2O3. The van der Waals surface area contributed by atoms with E-state index in [9.17, 15) is 14.9 Å². The van der Waals surface area contributed by atoms with E-state index in [4.69, 9.17) is 0 Å². The standard InChI is InChI=1S/C14H19BrN2O3/c1-14(2,3)12(8-9-15)16-13(18)10-6-4-5-7-11(10)17(19)20/h4-7,12H,8-9H2,1-3H3,(H,16,18). The van der Waals surface area contributed by atoms with Gasteiger partial charge < -0.3 is 5.32 Å². The van der Waals surface area contributed by atoms with Gasteiger partial charge >= 0.3 is 0 Å². The van der Waals surface area contributed by atoms with Crippen LogP contribution < -0.4 is 5.32 Å². The monoisotopic (exact) mass is 342 g/mol. The molecule has 1 atom stereocenters. The first-order valence-electron chi connectivity index (χ1n) is 6.37. The van der Waals surface area contributed by atoms with Gasteiger partial charge in [0.1, 0.15) is 5.56 Å². The Balaban J connectivity index is 2.98. The van der Waals surface area contributed by atoms with E-state index < -0.39 is 10.8 Å². The summed E-state index contributed by atoms with van der Waals surface area (Å²) in [5, 5.41) is 14.6. The summed E-state index contributed by atoms with van der Waals surface area (Å²) in [5.41, 5.74) is -0.190. The van der Waals surface area contributed by atoms with Gasteiger partial charge in [0.25, 0.3) is 11.6 Å². The van der Waals surface area contributed by atoms with Gasteiger partial charge in [-0.2, -0.15) is 0 Å². The Labute approximate surface area is 127 Å². The Morgan fingerprint density at radius 1 is 1.40 bits per heavy atom. The SMILES string of the molecule is CC(C)(C)C(CCBr)NC(=O)c1ccccc1[N+](=O)[O-]. The van der Waals surface area contributed by atoms with Crippen molar-refractivity contribution in [3.8, 4) is 0 Å². The molecule has 0 spiro atoms. The predicted octanol–water partition coefficient (Wildman–Crippen LogP) is 3.52. The van der Waals surface area contributed by atoms with Crippen LogP contribution in [0.25, 0.3) is 0 Å². The summed E-state index contributed by atoms with van der Waals surface area (Å²) in [7, 11) is 0. The van der Waals surface area contributed by atoms with E-state index in [1.165, 1.54) is 12.1 Å². The molecule has 6 heteroatoms. The van der Waals surface area contributed by atoms with Crippen molar-refractivity contribution in [1.29, 1.82) is 0 Å². The van der Waals surface area contributed by atoms with Gasteiger partial charge in [0.05, 0.1) is 4.92 Å². The van der Waals surface area contributed by atoms with Crippen LogP contribution in [0.1, 0.15) is 37.6 Å². The van der Waals surface area contributed by atoms with Crippen LogP contribution in [0.2, 0.25) is 0 Å². The largest absolute Gasteiger partial charge is 0.349 e. The molecule has 0 radical (unpaired) electrons.